The van der Waals surface area contributed by atoms with Crippen molar-refractivity contribution in [3.05, 3.63) is 71.5 Å². The quantitative estimate of drug-likeness (QED) is 0.606. The minimum Gasteiger partial charge on any atom is -0.350 e. The molecule has 2 amide bonds. The third-order valence-electron chi connectivity index (χ3n) is 5.60. The number of amides is 2. The molecule has 0 unspecified atom stereocenters. The van der Waals surface area contributed by atoms with Gasteiger partial charge in [-0.1, -0.05) is 47.1 Å². The van der Waals surface area contributed by atoms with Crippen molar-refractivity contribution in [3.8, 4) is 11.3 Å². The third kappa shape index (κ3) is 5.45. The maximum atomic E-state index is 13.1. The van der Waals surface area contributed by atoms with Crippen LogP contribution in [-0.2, 0) is 11.0 Å². The van der Waals surface area contributed by atoms with E-state index in [2.05, 4.69) is 10.5 Å². The minimum atomic E-state index is -4.56. The molecular formula is C24H23F3N4O3. The number of aromatic nitrogens is 1. The van der Waals surface area contributed by atoms with Crippen molar-refractivity contribution in [2.24, 2.45) is 0 Å². The Labute approximate surface area is 194 Å². The molecule has 2 heterocycles. The normalized spacial score (nSPS) is 14.8. The molecule has 1 fully saturated rings. The van der Waals surface area contributed by atoms with E-state index in [1.807, 2.05) is 31.2 Å². The van der Waals surface area contributed by atoms with Crippen molar-refractivity contribution in [2.45, 2.75) is 13.1 Å². The molecule has 1 aromatic heterocycles. The topological polar surface area (TPSA) is 78.7 Å². The van der Waals surface area contributed by atoms with Crippen LogP contribution < -0.4 is 5.32 Å². The minimum absolute atomic E-state index is 0.0753. The Hall–Kier alpha value is -3.66. The Morgan fingerprint density at radius 3 is 2.38 bits per heavy atom. The van der Waals surface area contributed by atoms with E-state index in [0.29, 0.717) is 31.9 Å². The molecule has 34 heavy (non-hydrogen) atoms. The molecule has 0 saturated carbocycles. The molecule has 0 bridgehead atoms. The first-order valence-corrected chi connectivity index (χ1v) is 10.7. The number of carbonyl (C=O) groups excluding carboxylic acids is 2. The van der Waals surface area contributed by atoms with Gasteiger partial charge < -0.3 is 14.7 Å². The first-order valence-electron chi connectivity index (χ1n) is 10.7. The Morgan fingerprint density at radius 1 is 1.03 bits per heavy atom. The number of hydrogen-bond donors (Lipinski definition) is 1. The average Bonchev–Trinajstić information content (AvgIpc) is 3.29. The molecule has 0 aliphatic carbocycles. The van der Waals surface area contributed by atoms with Crippen molar-refractivity contribution in [1.29, 1.82) is 0 Å². The summed E-state index contributed by atoms with van der Waals surface area (Å²) in [7, 11) is 0. The Bertz CT molecular complexity index is 1170. The summed E-state index contributed by atoms with van der Waals surface area (Å²) in [5, 5.41) is 6.33. The summed E-state index contributed by atoms with van der Waals surface area (Å²) >= 11 is 0. The fraction of sp³-hybridized carbons (Fsp3) is 0.292. The SMILES string of the molecule is Cc1ccc(-c2cc(C(=O)N3CCN(CC(=O)Nc4ccccc4C(F)(F)F)CC3)on2)cc1. The largest absolute Gasteiger partial charge is 0.418 e. The fourth-order valence-corrected chi connectivity index (χ4v) is 3.73. The van der Waals surface area contributed by atoms with E-state index < -0.39 is 17.6 Å². The number of halogens is 3. The van der Waals surface area contributed by atoms with E-state index in [0.717, 1.165) is 17.2 Å². The van der Waals surface area contributed by atoms with E-state index in [1.165, 1.54) is 18.2 Å². The van der Waals surface area contributed by atoms with Crippen LogP contribution in [0.25, 0.3) is 11.3 Å². The first kappa shape index (κ1) is 23.5. The Morgan fingerprint density at radius 2 is 1.71 bits per heavy atom. The van der Waals surface area contributed by atoms with Gasteiger partial charge in [0.1, 0.15) is 5.69 Å². The Balaban J connectivity index is 1.30. The number of carbonyl (C=O) groups is 2. The average molecular weight is 472 g/mol. The Kier molecular flexibility index (Phi) is 6.69. The third-order valence-corrected chi connectivity index (χ3v) is 5.60. The zero-order valence-corrected chi connectivity index (χ0v) is 18.4. The lowest BCUT2D eigenvalue weighted by Gasteiger charge is -2.33. The second-order valence-electron chi connectivity index (χ2n) is 8.10. The number of anilines is 1. The summed E-state index contributed by atoms with van der Waals surface area (Å²) in [4.78, 5) is 28.5. The summed E-state index contributed by atoms with van der Waals surface area (Å²) < 4.78 is 44.6. The van der Waals surface area contributed by atoms with Crippen molar-refractivity contribution < 1.29 is 27.3 Å². The summed E-state index contributed by atoms with van der Waals surface area (Å²) in [5.41, 5.74) is 1.35. The van der Waals surface area contributed by atoms with Crippen LogP contribution in [0.2, 0.25) is 0 Å². The van der Waals surface area contributed by atoms with Gasteiger partial charge >= 0.3 is 6.18 Å². The van der Waals surface area contributed by atoms with Crippen LogP contribution >= 0.6 is 0 Å². The van der Waals surface area contributed by atoms with Crippen molar-refractivity contribution in [1.82, 2.24) is 15.0 Å². The molecule has 178 valence electrons. The van der Waals surface area contributed by atoms with E-state index in [9.17, 15) is 22.8 Å². The molecule has 2 aromatic carbocycles. The zero-order chi connectivity index (χ0) is 24.3. The van der Waals surface area contributed by atoms with Crippen LogP contribution in [0.5, 0.6) is 0 Å². The van der Waals surface area contributed by atoms with Crippen molar-refractivity contribution in [2.75, 3.05) is 38.0 Å². The van der Waals surface area contributed by atoms with Gasteiger partial charge in [-0.2, -0.15) is 13.2 Å². The molecule has 0 radical (unpaired) electrons. The highest BCUT2D eigenvalue weighted by Crippen LogP contribution is 2.34. The van der Waals surface area contributed by atoms with Crippen LogP contribution in [-0.4, -0.2) is 59.5 Å². The summed E-state index contributed by atoms with van der Waals surface area (Å²) in [6.45, 7) is 3.41. The van der Waals surface area contributed by atoms with Crippen LogP contribution in [0.15, 0.2) is 59.1 Å². The molecule has 3 aromatic rings. The molecule has 7 nitrogen and oxygen atoms in total. The molecule has 1 aliphatic heterocycles. The smallest absolute Gasteiger partial charge is 0.350 e. The number of alkyl halides is 3. The standard InChI is InChI=1S/C24H23F3N4O3/c1-16-6-8-17(9-7-16)20-14-21(34-29-20)23(33)31-12-10-30(11-13-31)15-22(32)28-19-5-3-2-4-18(19)24(25,26)27/h2-9,14H,10-13,15H2,1H3,(H,28,32). The van der Waals surface area contributed by atoms with Gasteiger partial charge in [0, 0.05) is 37.8 Å². The van der Waals surface area contributed by atoms with E-state index >= 15 is 0 Å². The molecular weight excluding hydrogens is 449 g/mol. The van der Waals surface area contributed by atoms with Gasteiger partial charge in [0.15, 0.2) is 0 Å². The first-order chi connectivity index (χ1) is 16.2. The maximum Gasteiger partial charge on any atom is 0.418 e. The lowest BCUT2D eigenvalue weighted by Crippen LogP contribution is -2.50. The van der Waals surface area contributed by atoms with Gasteiger partial charge in [0.05, 0.1) is 17.8 Å². The lowest BCUT2D eigenvalue weighted by atomic mass is 10.1. The number of benzene rings is 2. The second kappa shape index (κ2) is 9.68. The maximum absolute atomic E-state index is 13.1. The second-order valence-corrected chi connectivity index (χ2v) is 8.10. The molecule has 1 saturated heterocycles. The lowest BCUT2D eigenvalue weighted by molar-refractivity contribution is -0.137. The fourth-order valence-electron chi connectivity index (χ4n) is 3.73. The van der Waals surface area contributed by atoms with E-state index in [4.69, 9.17) is 4.52 Å². The van der Waals surface area contributed by atoms with Gasteiger partial charge in [-0.15, -0.1) is 0 Å². The molecule has 1 aliphatic rings. The summed E-state index contributed by atoms with van der Waals surface area (Å²) in [6, 6.07) is 14.1. The van der Waals surface area contributed by atoms with E-state index in [-0.39, 0.29) is 23.9 Å². The number of nitrogens with zero attached hydrogens (tertiary/aromatic N) is 3. The van der Waals surface area contributed by atoms with E-state index in [1.54, 1.807) is 15.9 Å². The van der Waals surface area contributed by atoms with Crippen LogP contribution in [0, 0.1) is 6.92 Å². The number of hydrogen-bond acceptors (Lipinski definition) is 5. The number of aryl methyl sites for hydroxylation is 1. The highest BCUT2D eigenvalue weighted by Gasteiger charge is 2.34. The summed E-state index contributed by atoms with van der Waals surface area (Å²) in [6.07, 6.45) is -4.56. The van der Waals surface area contributed by atoms with Gasteiger partial charge in [0.2, 0.25) is 11.7 Å². The molecule has 0 spiro atoms. The molecule has 10 heteroatoms. The van der Waals surface area contributed by atoms with Gasteiger partial charge in [-0.3, -0.25) is 14.5 Å². The van der Waals surface area contributed by atoms with Crippen molar-refractivity contribution in [3.63, 3.8) is 0 Å². The molecule has 4 rings (SSSR count). The van der Waals surface area contributed by atoms with Gasteiger partial charge in [-0.05, 0) is 19.1 Å². The van der Waals surface area contributed by atoms with Crippen LogP contribution in [0.3, 0.4) is 0 Å². The molecule has 0 atom stereocenters. The number of piperazine rings is 1. The zero-order valence-electron chi connectivity index (χ0n) is 18.4. The van der Waals surface area contributed by atoms with Crippen molar-refractivity contribution >= 4 is 17.5 Å². The number of nitrogens with one attached hydrogen (secondary N) is 1. The number of rotatable bonds is 5. The van der Waals surface area contributed by atoms with Gasteiger partial charge in [-0.25, -0.2) is 0 Å². The number of para-hydroxylation sites is 1. The van der Waals surface area contributed by atoms with Crippen LogP contribution in [0.4, 0.5) is 18.9 Å². The predicted octanol–water partition coefficient (Wildman–Crippen LogP) is 4.07. The monoisotopic (exact) mass is 472 g/mol. The highest BCUT2D eigenvalue weighted by atomic mass is 19.4. The molecule has 1 N–H and O–H groups in total. The van der Waals surface area contributed by atoms with Crippen LogP contribution in [0.1, 0.15) is 21.7 Å². The highest BCUT2D eigenvalue weighted by molar-refractivity contribution is 5.93. The van der Waals surface area contributed by atoms with Gasteiger partial charge in [0.25, 0.3) is 5.91 Å². The predicted molar refractivity (Wildman–Crippen MR) is 119 cm³/mol. The summed E-state index contributed by atoms with van der Waals surface area (Å²) in [5.74, 6) is -0.714.